The van der Waals surface area contributed by atoms with Gasteiger partial charge in [-0.2, -0.15) is 8.42 Å². The second-order valence-corrected chi connectivity index (χ2v) is 3.81. The van der Waals surface area contributed by atoms with E-state index >= 15 is 0 Å². The zero-order valence-electron chi connectivity index (χ0n) is 5.84. The van der Waals surface area contributed by atoms with Gasteiger partial charge in [0.2, 0.25) is 0 Å². The summed E-state index contributed by atoms with van der Waals surface area (Å²) >= 11 is 0. The first-order chi connectivity index (χ1) is 4.81. The van der Waals surface area contributed by atoms with Gasteiger partial charge < -0.3 is 16.6 Å². The summed E-state index contributed by atoms with van der Waals surface area (Å²) in [4.78, 5) is 0. The molecular formula is C4H12N2O4S. The van der Waals surface area contributed by atoms with Crippen molar-refractivity contribution in [2.75, 3.05) is 5.75 Å². The topological polar surface area (TPSA) is 127 Å². The highest BCUT2D eigenvalue weighted by atomic mass is 32.2. The average molecular weight is 184 g/mol. The number of nitrogens with two attached hydrogens (primary N) is 2. The van der Waals surface area contributed by atoms with E-state index in [2.05, 4.69) is 0 Å². The molecule has 0 saturated heterocycles. The summed E-state index contributed by atoms with van der Waals surface area (Å²) < 4.78 is 28.6. The lowest BCUT2D eigenvalue weighted by molar-refractivity contribution is 0.165. The Kier molecular flexibility index (Phi) is 3.90. The molecule has 0 saturated carbocycles. The van der Waals surface area contributed by atoms with E-state index in [1.165, 1.54) is 0 Å². The van der Waals surface area contributed by atoms with Crippen molar-refractivity contribution in [1.29, 1.82) is 0 Å². The van der Waals surface area contributed by atoms with Gasteiger partial charge in [0.1, 0.15) is 6.23 Å². The molecule has 0 aliphatic carbocycles. The van der Waals surface area contributed by atoms with E-state index in [9.17, 15) is 8.42 Å². The predicted octanol–water partition coefficient (Wildman–Crippen LogP) is -2.13. The van der Waals surface area contributed by atoms with E-state index in [1.54, 1.807) is 0 Å². The van der Waals surface area contributed by atoms with Crippen molar-refractivity contribution < 1.29 is 18.1 Å². The zero-order chi connectivity index (χ0) is 9.07. The summed E-state index contributed by atoms with van der Waals surface area (Å²) in [6.07, 6.45) is -1.20. The predicted molar refractivity (Wildman–Crippen MR) is 39.2 cm³/mol. The molecule has 0 bridgehead atoms. The zero-order valence-corrected chi connectivity index (χ0v) is 6.66. The lowest BCUT2D eigenvalue weighted by Gasteiger charge is -2.10. The van der Waals surface area contributed by atoms with Gasteiger partial charge in [-0.05, 0) is 0 Å². The molecule has 0 aromatic heterocycles. The Morgan fingerprint density at radius 3 is 2.09 bits per heavy atom. The third kappa shape index (κ3) is 7.69. The van der Waals surface area contributed by atoms with Crippen molar-refractivity contribution in [3.8, 4) is 0 Å². The van der Waals surface area contributed by atoms with Crippen LogP contribution in [0.15, 0.2) is 0 Å². The van der Waals surface area contributed by atoms with E-state index in [4.69, 9.17) is 21.1 Å². The van der Waals surface area contributed by atoms with Crippen LogP contribution in [0.5, 0.6) is 0 Å². The van der Waals surface area contributed by atoms with Crippen molar-refractivity contribution in [3.63, 3.8) is 0 Å². The Balaban J connectivity index is 3.80. The number of hydrogen-bond donors (Lipinski definition) is 4. The summed E-state index contributed by atoms with van der Waals surface area (Å²) in [6.45, 7) is 0. The minimum absolute atomic E-state index is 0.0558. The summed E-state index contributed by atoms with van der Waals surface area (Å²) in [6, 6.07) is -0.829. The SMILES string of the molecule is NC(O)CC(N)CS(=O)(=O)O. The molecule has 68 valence electrons. The molecule has 0 aliphatic heterocycles. The van der Waals surface area contributed by atoms with Gasteiger partial charge in [-0.1, -0.05) is 0 Å². The van der Waals surface area contributed by atoms with Gasteiger partial charge in [0.15, 0.2) is 0 Å². The minimum Gasteiger partial charge on any atom is -0.379 e. The van der Waals surface area contributed by atoms with Crippen LogP contribution in [0.3, 0.4) is 0 Å². The Labute approximate surface area is 64.9 Å². The molecule has 2 atom stereocenters. The Hall–Kier alpha value is -0.210. The number of aliphatic hydroxyl groups is 1. The first-order valence-corrected chi connectivity index (χ1v) is 4.56. The highest BCUT2D eigenvalue weighted by molar-refractivity contribution is 7.85. The molecule has 0 fully saturated rings. The van der Waals surface area contributed by atoms with E-state index < -0.39 is 28.1 Å². The molecule has 0 aliphatic rings. The van der Waals surface area contributed by atoms with Crippen LogP contribution in [-0.4, -0.2) is 36.1 Å². The van der Waals surface area contributed by atoms with Gasteiger partial charge in [0.25, 0.3) is 10.1 Å². The van der Waals surface area contributed by atoms with E-state index in [-0.39, 0.29) is 6.42 Å². The molecular weight excluding hydrogens is 172 g/mol. The highest BCUT2D eigenvalue weighted by Gasteiger charge is 2.14. The second-order valence-electron chi connectivity index (χ2n) is 2.31. The lowest BCUT2D eigenvalue weighted by atomic mass is 10.2. The Morgan fingerprint density at radius 2 is 1.82 bits per heavy atom. The van der Waals surface area contributed by atoms with Crippen LogP contribution in [0.25, 0.3) is 0 Å². The number of aliphatic hydroxyl groups excluding tert-OH is 1. The minimum atomic E-state index is -4.06. The monoisotopic (exact) mass is 184 g/mol. The molecule has 0 rings (SSSR count). The molecule has 0 aromatic carbocycles. The van der Waals surface area contributed by atoms with Gasteiger partial charge >= 0.3 is 0 Å². The van der Waals surface area contributed by atoms with Gasteiger partial charge in [-0.15, -0.1) is 0 Å². The number of hydrogen-bond acceptors (Lipinski definition) is 5. The maximum absolute atomic E-state index is 10.2. The van der Waals surface area contributed by atoms with E-state index in [0.29, 0.717) is 0 Å². The van der Waals surface area contributed by atoms with Crippen LogP contribution in [-0.2, 0) is 10.1 Å². The Morgan fingerprint density at radius 1 is 1.36 bits per heavy atom. The largest absolute Gasteiger partial charge is 0.379 e. The normalized spacial score (nSPS) is 17.8. The fourth-order valence-corrected chi connectivity index (χ4v) is 1.33. The molecule has 6 nitrogen and oxygen atoms in total. The third-order valence-corrected chi connectivity index (χ3v) is 1.82. The molecule has 7 heteroatoms. The molecule has 11 heavy (non-hydrogen) atoms. The van der Waals surface area contributed by atoms with Gasteiger partial charge in [0, 0.05) is 12.5 Å². The number of rotatable bonds is 4. The summed E-state index contributed by atoms with van der Waals surface area (Å²) in [5, 5.41) is 8.54. The van der Waals surface area contributed by atoms with Crippen molar-refractivity contribution >= 4 is 10.1 Å². The van der Waals surface area contributed by atoms with Crippen LogP contribution in [0.2, 0.25) is 0 Å². The summed E-state index contributed by atoms with van der Waals surface area (Å²) in [5.74, 6) is -0.582. The van der Waals surface area contributed by atoms with E-state index in [0.717, 1.165) is 0 Å². The summed E-state index contributed by atoms with van der Waals surface area (Å²) in [5.41, 5.74) is 10.1. The first-order valence-electron chi connectivity index (χ1n) is 2.95. The molecule has 2 unspecified atom stereocenters. The summed E-state index contributed by atoms with van der Waals surface area (Å²) in [7, 11) is -4.06. The Bertz CT molecular complexity index is 200. The van der Waals surface area contributed by atoms with Crippen LogP contribution in [0, 0.1) is 0 Å². The van der Waals surface area contributed by atoms with Crippen LogP contribution in [0.4, 0.5) is 0 Å². The smallest absolute Gasteiger partial charge is 0.266 e. The highest BCUT2D eigenvalue weighted by Crippen LogP contribution is 1.94. The second kappa shape index (κ2) is 3.98. The molecule has 0 aromatic rings. The molecule has 0 spiro atoms. The maximum Gasteiger partial charge on any atom is 0.266 e. The molecule has 0 heterocycles. The van der Waals surface area contributed by atoms with Gasteiger partial charge in [0.05, 0.1) is 5.75 Å². The first kappa shape index (κ1) is 10.8. The quantitative estimate of drug-likeness (QED) is 0.292. The lowest BCUT2D eigenvalue weighted by Crippen LogP contribution is -2.36. The van der Waals surface area contributed by atoms with E-state index in [1.807, 2.05) is 0 Å². The van der Waals surface area contributed by atoms with Crippen LogP contribution >= 0.6 is 0 Å². The van der Waals surface area contributed by atoms with Gasteiger partial charge in [-0.3, -0.25) is 4.55 Å². The standard InChI is InChI=1S/C4H12N2O4S/c5-3(1-4(6)7)2-11(8,9)10/h3-4,7H,1-2,5-6H2,(H,8,9,10). The molecule has 0 radical (unpaired) electrons. The fourth-order valence-electron chi connectivity index (χ4n) is 0.649. The fraction of sp³-hybridized carbons (Fsp3) is 1.00. The molecule has 6 N–H and O–H groups in total. The van der Waals surface area contributed by atoms with Crippen molar-refractivity contribution in [3.05, 3.63) is 0 Å². The van der Waals surface area contributed by atoms with Gasteiger partial charge in [-0.25, -0.2) is 0 Å². The van der Waals surface area contributed by atoms with Crippen LogP contribution < -0.4 is 11.5 Å². The van der Waals surface area contributed by atoms with Crippen molar-refractivity contribution in [1.82, 2.24) is 0 Å². The average Bonchev–Trinajstić information content (AvgIpc) is 1.53. The van der Waals surface area contributed by atoms with Crippen LogP contribution in [0.1, 0.15) is 6.42 Å². The molecule has 0 amide bonds. The van der Waals surface area contributed by atoms with Crippen molar-refractivity contribution in [2.24, 2.45) is 11.5 Å². The van der Waals surface area contributed by atoms with Crippen molar-refractivity contribution in [2.45, 2.75) is 18.7 Å². The third-order valence-electron chi connectivity index (χ3n) is 0.969. The maximum atomic E-state index is 10.2.